The van der Waals surface area contributed by atoms with E-state index in [1.165, 1.54) is 0 Å². The Balaban J connectivity index is 1.94. The molecule has 0 aliphatic heterocycles. The van der Waals surface area contributed by atoms with E-state index in [1.807, 2.05) is 24.6 Å². The van der Waals surface area contributed by atoms with Crippen LogP contribution < -0.4 is 16.4 Å². The average molecular weight is 262 g/mol. The second-order valence-electron chi connectivity index (χ2n) is 4.06. The fraction of sp³-hybridized carbons (Fsp3) is 0.455. The van der Waals surface area contributed by atoms with Crippen LogP contribution in [0.15, 0.2) is 12.4 Å². The SMILES string of the molecule is CCNc1cc(NCCc2nncn2C)nc(N)n1. The standard InChI is InChI=1S/C11H18N8/c1-3-13-8-6-9(17-11(12)16-8)14-5-4-10-18-15-7-19(10)2/h6-7H,3-5H2,1-2H3,(H4,12,13,14,16,17). The second-order valence-corrected chi connectivity index (χ2v) is 4.06. The molecule has 0 radical (unpaired) electrons. The van der Waals surface area contributed by atoms with Gasteiger partial charge in [-0.15, -0.1) is 10.2 Å². The summed E-state index contributed by atoms with van der Waals surface area (Å²) in [6, 6.07) is 1.83. The van der Waals surface area contributed by atoms with Crippen LogP contribution in [0.1, 0.15) is 12.7 Å². The lowest BCUT2D eigenvalue weighted by atomic mass is 10.4. The van der Waals surface area contributed by atoms with Crippen LogP contribution in [-0.2, 0) is 13.5 Å². The van der Waals surface area contributed by atoms with Crippen molar-refractivity contribution in [3.05, 3.63) is 18.2 Å². The summed E-state index contributed by atoms with van der Waals surface area (Å²) >= 11 is 0. The van der Waals surface area contributed by atoms with Crippen molar-refractivity contribution < 1.29 is 0 Å². The number of anilines is 3. The number of hydrogen-bond donors (Lipinski definition) is 3. The molecule has 0 bridgehead atoms. The van der Waals surface area contributed by atoms with E-state index in [9.17, 15) is 0 Å². The molecule has 0 spiro atoms. The fourth-order valence-corrected chi connectivity index (χ4v) is 1.66. The predicted octanol–water partition coefficient (Wildman–Crippen LogP) is 0.274. The van der Waals surface area contributed by atoms with Crippen molar-refractivity contribution in [3.8, 4) is 0 Å². The average Bonchev–Trinajstić information content (AvgIpc) is 2.75. The van der Waals surface area contributed by atoms with Crippen LogP contribution in [0.5, 0.6) is 0 Å². The highest BCUT2D eigenvalue weighted by Crippen LogP contribution is 2.12. The van der Waals surface area contributed by atoms with Gasteiger partial charge in [-0.3, -0.25) is 0 Å². The third-order valence-corrected chi connectivity index (χ3v) is 2.56. The summed E-state index contributed by atoms with van der Waals surface area (Å²) in [5.74, 6) is 2.59. The van der Waals surface area contributed by atoms with E-state index in [-0.39, 0.29) is 5.95 Å². The summed E-state index contributed by atoms with van der Waals surface area (Å²) < 4.78 is 1.89. The Kier molecular flexibility index (Phi) is 4.11. The second kappa shape index (κ2) is 5.98. The van der Waals surface area contributed by atoms with Crippen molar-refractivity contribution in [2.75, 3.05) is 29.5 Å². The molecule has 0 saturated heterocycles. The lowest BCUT2D eigenvalue weighted by Gasteiger charge is -2.08. The van der Waals surface area contributed by atoms with Crippen molar-refractivity contribution in [3.63, 3.8) is 0 Å². The van der Waals surface area contributed by atoms with Crippen LogP contribution in [0.25, 0.3) is 0 Å². The predicted molar refractivity (Wildman–Crippen MR) is 73.8 cm³/mol. The van der Waals surface area contributed by atoms with Gasteiger partial charge in [0.15, 0.2) is 0 Å². The van der Waals surface area contributed by atoms with Crippen LogP contribution in [0, 0.1) is 0 Å². The lowest BCUT2D eigenvalue weighted by Crippen LogP contribution is -2.11. The molecule has 0 aromatic carbocycles. The van der Waals surface area contributed by atoms with Gasteiger partial charge in [-0.05, 0) is 6.92 Å². The van der Waals surface area contributed by atoms with Gasteiger partial charge >= 0.3 is 0 Å². The quantitative estimate of drug-likeness (QED) is 0.686. The maximum Gasteiger partial charge on any atom is 0.223 e. The topological polar surface area (TPSA) is 107 Å². The number of nitrogens with one attached hydrogen (secondary N) is 2. The number of nitrogen functional groups attached to an aromatic ring is 1. The van der Waals surface area contributed by atoms with Crippen molar-refractivity contribution in [2.24, 2.45) is 7.05 Å². The number of nitrogens with zero attached hydrogens (tertiary/aromatic N) is 5. The number of aromatic nitrogens is 5. The van der Waals surface area contributed by atoms with Crippen LogP contribution in [0.3, 0.4) is 0 Å². The Morgan fingerprint density at radius 1 is 1.26 bits per heavy atom. The van der Waals surface area contributed by atoms with Gasteiger partial charge in [0.2, 0.25) is 5.95 Å². The first-order chi connectivity index (χ1) is 9.19. The van der Waals surface area contributed by atoms with Crippen molar-refractivity contribution >= 4 is 17.6 Å². The van der Waals surface area contributed by atoms with Crippen molar-refractivity contribution in [2.45, 2.75) is 13.3 Å². The summed E-state index contributed by atoms with van der Waals surface area (Å²) in [6.45, 7) is 3.49. The summed E-state index contributed by atoms with van der Waals surface area (Å²) in [5.41, 5.74) is 5.65. The van der Waals surface area contributed by atoms with E-state index in [0.29, 0.717) is 12.4 Å². The number of rotatable bonds is 6. The summed E-state index contributed by atoms with van der Waals surface area (Å²) in [4.78, 5) is 8.21. The molecule has 0 aliphatic carbocycles. The molecular weight excluding hydrogens is 244 g/mol. The Labute approximate surface area is 111 Å². The largest absolute Gasteiger partial charge is 0.370 e. The number of aryl methyl sites for hydroxylation is 1. The van der Waals surface area contributed by atoms with E-state index in [1.54, 1.807) is 6.33 Å². The summed E-state index contributed by atoms with van der Waals surface area (Å²) in [7, 11) is 1.92. The minimum atomic E-state index is 0.250. The van der Waals surface area contributed by atoms with Gasteiger partial charge < -0.3 is 20.9 Å². The minimum Gasteiger partial charge on any atom is -0.370 e. The Hall–Kier alpha value is -2.38. The fourth-order valence-electron chi connectivity index (χ4n) is 1.66. The van der Waals surface area contributed by atoms with Gasteiger partial charge in [0, 0.05) is 32.6 Å². The van der Waals surface area contributed by atoms with Crippen LogP contribution in [0.2, 0.25) is 0 Å². The zero-order valence-corrected chi connectivity index (χ0v) is 11.1. The molecule has 2 heterocycles. The molecule has 8 nitrogen and oxygen atoms in total. The lowest BCUT2D eigenvalue weighted by molar-refractivity contribution is 0.787. The molecule has 4 N–H and O–H groups in total. The summed E-state index contributed by atoms with van der Waals surface area (Å²) in [6.07, 6.45) is 2.44. The van der Waals surface area contributed by atoms with E-state index < -0.39 is 0 Å². The molecule has 0 amide bonds. The first-order valence-electron chi connectivity index (χ1n) is 6.14. The van der Waals surface area contributed by atoms with Crippen molar-refractivity contribution in [1.82, 2.24) is 24.7 Å². The normalized spacial score (nSPS) is 10.4. The zero-order chi connectivity index (χ0) is 13.7. The smallest absolute Gasteiger partial charge is 0.223 e. The van der Waals surface area contributed by atoms with Crippen LogP contribution in [0.4, 0.5) is 17.6 Å². The van der Waals surface area contributed by atoms with Crippen LogP contribution in [-0.4, -0.2) is 37.8 Å². The van der Waals surface area contributed by atoms with E-state index in [4.69, 9.17) is 5.73 Å². The highest BCUT2D eigenvalue weighted by Gasteiger charge is 2.03. The molecule has 19 heavy (non-hydrogen) atoms. The van der Waals surface area contributed by atoms with E-state index in [2.05, 4.69) is 30.8 Å². The molecule has 2 aromatic heterocycles. The first-order valence-corrected chi connectivity index (χ1v) is 6.14. The van der Waals surface area contributed by atoms with Gasteiger partial charge in [-0.25, -0.2) is 0 Å². The maximum atomic E-state index is 5.65. The Morgan fingerprint density at radius 2 is 2.00 bits per heavy atom. The van der Waals surface area contributed by atoms with Gasteiger partial charge in [-0.2, -0.15) is 9.97 Å². The zero-order valence-electron chi connectivity index (χ0n) is 11.1. The highest BCUT2D eigenvalue weighted by atomic mass is 15.2. The van der Waals surface area contributed by atoms with Gasteiger partial charge in [0.25, 0.3) is 0 Å². The van der Waals surface area contributed by atoms with Gasteiger partial charge in [-0.1, -0.05) is 0 Å². The monoisotopic (exact) mass is 262 g/mol. The van der Waals surface area contributed by atoms with E-state index in [0.717, 1.165) is 24.6 Å². The Bertz CT molecular complexity index is 535. The van der Waals surface area contributed by atoms with Gasteiger partial charge in [0.05, 0.1) is 0 Å². The molecule has 0 saturated carbocycles. The molecule has 2 aromatic rings. The molecule has 0 unspecified atom stereocenters. The maximum absolute atomic E-state index is 5.65. The minimum absolute atomic E-state index is 0.250. The third kappa shape index (κ3) is 3.54. The molecular formula is C11H18N8. The molecule has 2 rings (SSSR count). The Morgan fingerprint density at radius 3 is 2.63 bits per heavy atom. The molecule has 8 heteroatoms. The van der Waals surface area contributed by atoms with Gasteiger partial charge in [0.1, 0.15) is 23.8 Å². The van der Waals surface area contributed by atoms with E-state index >= 15 is 0 Å². The summed E-state index contributed by atoms with van der Waals surface area (Å²) in [5, 5.41) is 14.1. The highest BCUT2D eigenvalue weighted by molar-refractivity contribution is 5.50. The molecule has 102 valence electrons. The molecule has 0 atom stereocenters. The van der Waals surface area contributed by atoms with Crippen molar-refractivity contribution in [1.29, 1.82) is 0 Å². The molecule has 0 fully saturated rings. The number of nitrogens with two attached hydrogens (primary N) is 1. The number of hydrogen-bond acceptors (Lipinski definition) is 7. The molecule has 0 aliphatic rings. The first kappa shape index (κ1) is 13.1. The van der Waals surface area contributed by atoms with Crippen LogP contribution >= 0.6 is 0 Å². The third-order valence-electron chi connectivity index (χ3n) is 2.56.